The summed E-state index contributed by atoms with van der Waals surface area (Å²) in [6.07, 6.45) is 2.02. The second-order valence-corrected chi connectivity index (χ2v) is 7.02. The molecular formula is C19H18F3IN4O5. The van der Waals surface area contributed by atoms with E-state index in [4.69, 9.17) is 9.94 Å². The fourth-order valence-corrected chi connectivity index (χ4v) is 2.71. The molecule has 0 heterocycles. The third-order valence-electron chi connectivity index (χ3n) is 3.62. The highest BCUT2D eigenvalue weighted by atomic mass is 127. The molecule has 0 saturated carbocycles. The van der Waals surface area contributed by atoms with Crippen LogP contribution in [0.15, 0.2) is 34.6 Å². The molecule has 13 heteroatoms. The van der Waals surface area contributed by atoms with Crippen LogP contribution in [0.3, 0.4) is 0 Å². The predicted molar refractivity (Wildman–Crippen MR) is 118 cm³/mol. The van der Waals surface area contributed by atoms with Gasteiger partial charge in [-0.15, -0.1) is 0 Å². The van der Waals surface area contributed by atoms with E-state index in [0.29, 0.717) is 3.57 Å². The summed E-state index contributed by atoms with van der Waals surface area (Å²) in [6.45, 7) is -0.687. The molecule has 0 aliphatic heterocycles. The van der Waals surface area contributed by atoms with Crippen molar-refractivity contribution in [3.8, 4) is 0 Å². The van der Waals surface area contributed by atoms with Crippen molar-refractivity contribution in [2.24, 2.45) is 10.3 Å². The SMILES string of the molecule is CON=CCONC(=O)c1cc(C=NOCCO)c(F)c(F)c1Nc1ccc(I)cc1F. The molecule has 3 N–H and O–H groups in total. The summed E-state index contributed by atoms with van der Waals surface area (Å²) in [5.41, 5.74) is 0.396. The number of nitrogens with one attached hydrogen (secondary N) is 2. The quantitative estimate of drug-likeness (QED) is 0.167. The number of nitrogens with zero attached hydrogens (tertiary/aromatic N) is 2. The van der Waals surface area contributed by atoms with Gasteiger partial charge in [-0.25, -0.2) is 18.7 Å². The average molecular weight is 566 g/mol. The Labute approximate surface area is 194 Å². The van der Waals surface area contributed by atoms with E-state index in [0.717, 1.165) is 12.3 Å². The van der Waals surface area contributed by atoms with Gasteiger partial charge in [0.05, 0.1) is 36.0 Å². The molecule has 0 aliphatic rings. The number of rotatable bonds is 11. The van der Waals surface area contributed by atoms with Crippen molar-refractivity contribution in [1.82, 2.24) is 5.48 Å². The van der Waals surface area contributed by atoms with Gasteiger partial charge in [-0.2, -0.15) is 0 Å². The van der Waals surface area contributed by atoms with Gasteiger partial charge in [-0.1, -0.05) is 10.3 Å². The third-order valence-corrected chi connectivity index (χ3v) is 4.29. The van der Waals surface area contributed by atoms with E-state index >= 15 is 0 Å². The molecule has 0 atom stereocenters. The third kappa shape index (κ3) is 7.06. The Balaban J connectivity index is 2.42. The first-order chi connectivity index (χ1) is 15.4. The molecule has 0 saturated heterocycles. The second-order valence-electron chi connectivity index (χ2n) is 5.77. The van der Waals surface area contributed by atoms with Crippen LogP contribution in [0.4, 0.5) is 24.5 Å². The molecule has 2 rings (SSSR count). The molecule has 0 bridgehead atoms. The van der Waals surface area contributed by atoms with E-state index in [9.17, 15) is 18.0 Å². The minimum absolute atomic E-state index is 0.170. The van der Waals surface area contributed by atoms with E-state index in [1.54, 1.807) is 0 Å². The summed E-state index contributed by atoms with van der Waals surface area (Å²) in [5, 5.41) is 17.9. The highest BCUT2D eigenvalue weighted by Crippen LogP contribution is 2.30. The highest BCUT2D eigenvalue weighted by molar-refractivity contribution is 14.1. The molecular weight excluding hydrogens is 548 g/mol. The molecule has 172 valence electrons. The van der Waals surface area contributed by atoms with Crippen molar-refractivity contribution in [1.29, 1.82) is 0 Å². The van der Waals surface area contributed by atoms with Crippen molar-refractivity contribution in [2.75, 3.05) is 32.2 Å². The number of carbonyl (C=O) groups is 1. The molecule has 1 amide bonds. The van der Waals surface area contributed by atoms with Gasteiger partial charge in [0.2, 0.25) is 0 Å². The van der Waals surface area contributed by atoms with Crippen LogP contribution >= 0.6 is 22.6 Å². The van der Waals surface area contributed by atoms with Crippen LogP contribution in [0.2, 0.25) is 0 Å². The monoisotopic (exact) mass is 566 g/mol. The van der Waals surface area contributed by atoms with Gasteiger partial charge in [0, 0.05) is 9.13 Å². The zero-order chi connectivity index (χ0) is 23.5. The highest BCUT2D eigenvalue weighted by Gasteiger charge is 2.23. The van der Waals surface area contributed by atoms with Crippen LogP contribution in [0, 0.1) is 21.0 Å². The number of hydrogen-bond donors (Lipinski definition) is 3. The Hall–Kier alpha value is -2.91. The fraction of sp³-hybridized carbons (Fsp3) is 0.211. The summed E-state index contributed by atoms with van der Waals surface area (Å²) >= 11 is 1.89. The molecule has 0 aliphatic carbocycles. The molecule has 0 radical (unpaired) electrons. The van der Waals surface area contributed by atoms with E-state index in [1.165, 1.54) is 31.5 Å². The van der Waals surface area contributed by atoms with Crippen LogP contribution in [-0.2, 0) is 14.5 Å². The Morgan fingerprint density at radius 3 is 2.69 bits per heavy atom. The maximum Gasteiger partial charge on any atom is 0.277 e. The standard InChI is InChI=1S/C19H18F3IN4O5/c1-30-24-4-6-32-27-19(29)13-8-11(10-25-31-7-5-28)16(21)17(22)18(13)26-15-3-2-12(23)9-14(15)20/h2-4,8-10,26,28H,5-7H2,1H3,(H,27,29). The summed E-state index contributed by atoms with van der Waals surface area (Å²) in [7, 11) is 1.31. The first kappa shape index (κ1) is 25.4. The molecule has 0 unspecified atom stereocenters. The zero-order valence-electron chi connectivity index (χ0n) is 16.6. The Morgan fingerprint density at radius 1 is 1.22 bits per heavy atom. The number of oxime groups is 2. The number of carbonyl (C=O) groups excluding carboxylic acids is 1. The van der Waals surface area contributed by atoms with Gasteiger partial charge in [0.1, 0.15) is 26.1 Å². The first-order valence-electron chi connectivity index (χ1n) is 8.86. The molecule has 2 aromatic carbocycles. The number of hydroxylamine groups is 1. The molecule has 0 spiro atoms. The second kappa shape index (κ2) is 12.8. The van der Waals surface area contributed by atoms with Crippen molar-refractivity contribution < 1.29 is 37.6 Å². The number of halogens is 4. The smallest absolute Gasteiger partial charge is 0.277 e. The van der Waals surface area contributed by atoms with Crippen molar-refractivity contribution in [3.05, 3.63) is 56.4 Å². The van der Waals surface area contributed by atoms with Gasteiger partial charge in [0.15, 0.2) is 11.6 Å². The van der Waals surface area contributed by atoms with Crippen LogP contribution < -0.4 is 10.8 Å². The van der Waals surface area contributed by atoms with Gasteiger partial charge < -0.3 is 20.1 Å². The van der Waals surface area contributed by atoms with Gasteiger partial charge in [-0.05, 0) is 46.9 Å². The molecule has 0 aromatic heterocycles. The maximum absolute atomic E-state index is 14.9. The minimum Gasteiger partial charge on any atom is -0.399 e. The summed E-state index contributed by atoms with van der Waals surface area (Å²) in [4.78, 5) is 26.5. The lowest BCUT2D eigenvalue weighted by atomic mass is 10.1. The summed E-state index contributed by atoms with van der Waals surface area (Å²) in [5.74, 6) is -4.52. The lowest BCUT2D eigenvalue weighted by Gasteiger charge is -2.15. The van der Waals surface area contributed by atoms with Crippen molar-refractivity contribution in [3.63, 3.8) is 0 Å². The predicted octanol–water partition coefficient (Wildman–Crippen LogP) is 3.09. The van der Waals surface area contributed by atoms with Crippen molar-refractivity contribution in [2.45, 2.75) is 0 Å². The number of benzene rings is 2. The van der Waals surface area contributed by atoms with Crippen LogP contribution in [0.25, 0.3) is 0 Å². The van der Waals surface area contributed by atoms with Crippen LogP contribution in [0.5, 0.6) is 0 Å². The van der Waals surface area contributed by atoms with Gasteiger partial charge in [-0.3, -0.25) is 9.63 Å². The molecule has 0 fully saturated rings. The zero-order valence-corrected chi connectivity index (χ0v) is 18.7. The van der Waals surface area contributed by atoms with E-state index in [1.807, 2.05) is 28.1 Å². The van der Waals surface area contributed by atoms with E-state index in [2.05, 4.69) is 25.3 Å². The molecule has 9 nitrogen and oxygen atoms in total. The van der Waals surface area contributed by atoms with Crippen LogP contribution in [0.1, 0.15) is 15.9 Å². The topological polar surface area (TPSA) is 114 Å². The Bertz CT molecular complexity index is 1010. The number of aliphatic hydroxyl groups is 1. The van der Waals surface area contributed by atoms with Crippen molar-refractivity contribution >= 4 is 52.3 Å². The molecule has 32 heavy (non-hydrogen) atoms. The number of hydrogen-bond acceptors (Lipinski definition) is 8. The maximum atomic E-state index is 14.9. The van der Waals surface area contributed by atoms with E-state index < -0.39 is 40.2 Å². The van der Waals surface area contributed by atoms with Crippen LogP contribution in [-0.4, -0.2) is 50.4 Å². The normalized spacial score (nSPS) is 11.2. The minimum atomic E-state index is -1.46. The summed E-state index contributed by atoms with van der Waals surface area (Å²) < 4.78 is 44.3. The number of anilines is 2. The largest absolute Gasteiger partial charge is 0.399 e. The fourth-order valence-electron chi connectivity index (χ4n) is 2.26. The number of amides is 1. The first-order valence-corrected chi connectivity index (χ1v) is 9.94. The van der Waals surface area contributed by atoms with Gasteiger partial charge >= 0.3 is 0 Å². The molecule has 2 aromatic rings. The lowest BCUT2D eigenvalue weighted by molar-refractivity contribution is 0.0456. The average Bonchev–Trinajstić information content (AvgIpc) is 2.77. The summed E-state index contributed by atoms with van der Waals surface area (Å²) in [6, 6.07) is 5.00. The van der Waals surface area contributed by atoms with E-state index in [-0.39, 0.29) is 25.5 Å². The van der Waals surface area contributed by atoms with Gasteiger partial charge in [0.25, 0.3) is 5.91 Å². The lowest BCUT2D eigenvalue weighted by Crippen LogP contribution is -2.26. The Morgan fingerprint density at radius 2 is 2.00 bits per heavy atom. The Kier molecular flexibility index (Phi) is 10.2. The number of aliphatic hydroxyl groups excluding tert-OH is 1.